The van der Waals surface area contributed by atoms with E-state index in [-0.39, 0.29) is 17.5 Å². The maximum Gasteiger partial charge on any atom is 0.238 e. The first kappa shape index (κ1) is 23.7. The molecule has 0 aliphatic carbocycles. The van der Waals surface area contributed by atoms with Crippen LogP contribution in [0.15, 0.2) is 108 Å². The molecule has 39 heavy (non-hydrogen) atoms. The van der Waals surface area contributed by atoms with E-state index in [2.05, 4.69) is 26.2 Å². The van der Waals surface area contributed by atoms with Crippen LogP contribution < -0.4 is 5.32 Å². The summed E-state index contributed by atoms with van der Waals surface area (Å²) in [5.41, 5.74) is 2.74. The van der Waals surface area contributed by atoms with Gasteiger partial charge in [-0.05, 0) is 53.1 Å². The quantitative estimate of drug-likeness (QED) is 0.310. The number of ketones is 2. The smallest absolute Gasteiger partial charge is 0.238 e. The largest absolute Gasteiger partial charge is 0.358 e. The van der Waals surface area contributed by atoms with Crippen molar-refractivity contribution < 1.29 is 14.4 Å². The number of benzene rings is 3. The molecular weight excluding hydrogens is 554 g/mol. The van der Waals surface area contributed by atoms with Gasteiger partial charge < -0.3 is 10.2 Å². The van der Waals surface area contributed by atoms with E-state index in [4.69, 9.17) is 0 Å². The molecule has 4 aromatic rings. The number of nitrogens with zero attached hydrogens (tertiary/aromatic N) is 2. The van der Waals surface area contributed by atoms with Crippen molar-refractivity contribution in [2.75, 3.05) is 5.32 Å². The number of halogens is 1. The Bertz CT molecular complexity index is 1680. The summed E-state index contributed by atoms with van der Waals surface area (Å²) in [6.07, 6.45) is 6.94. The summed E-state index contributed by atoms with van der Waals surface area (Å²) in [6, 6.07) is 24.4. The van der Waals surface area contributed by atoms with Gasteiger partial charge in [0.2, 0.25) is 5.91 Å². The number of carbonyl (C=O) groups is 3. The molecule has 6 nitrogen and oxygen atoms in total. The van der Waals surface area contributed by atoms with Crippen molar-refractivity contribution in [3.8, 4) is 0 Å². The number of hydrogen-bond acceptors (Lipinski definition) is 5. The van der Waals surface area contributed by atoms with Gasteiger partial charge in [0.05, 0.1) is 12.0 Å². The Morgan fingerprint density at radius 2 is 1.64 bits per heavy atom. The SMILES string of the molecule is O=C(c1cccnc1)[C@@H]1[C@H](C(=O)c2ccc(Br)cc2)N2C=Cc3ccccc3[C@@H]2[C@]12C(=O)Nc1ccccc12. The van der Waals surface area contributed by atoms with Crippen LogP contribution in [0.25, 0.3) is 6.08 Å². The third-order valence-electron chi connectivity index (χ3n) is 8.20. The predicted molar refractivity (Wildman–Crippen MR) is 151 cm³/mol. The minimum absolute atomic E-state index is 0.215. The summed E-state index contributed by atoms with van der Waals surface area (Å²) >= 11 is 3.44. The number of aromatic nitrogens is 1. The number of amides is 1. The molecule has 7 rings (SSSR count). The van der Waals surface area contributed by atoms with Crippen LogP contribution in [-0.4, -0.2) is 33.4 Å². The summed E-state index contributed by atoms with van der Waals surface area (Å²) in [7, 11) is 0. The zero-order chi connectivity index (χ0) is 26.7. The first-order valence-corrected chi connectivity index (χ1v) is 13.5. The van der Waals surface area contributed by atoms with Gasteiger partial charge in [0.1, 0.15) is 11.5 Å². The molecule has 1 spiro atoms. The van der Waals surface area contributed by atoms with Gasteiger partial charge in [-0.25, -0.2) is 0 Å². The first-order valence-electron chi connectivity index (χ1n) is 12.7. The monoisotopic (exact) mass is 575 g/mol. The first-order chi connectivity index (χ1) is 19.0. The van der Waals surface area contributed by atoms with Crippen molar-refractivity contribution in [1.82, 2.24) is 9.88 Å². The van der Waals surface area contributed by atoms with Crippen LogP contribution in [0.3, 0.4) is 0 Å². The molecule has 4 heterocycles. The zero-order valence-corrected chi connectivity index (χ0v) is 22.2. The number of carbonyl (C=O) groups excluding carboxylic acids is 3. The highest BCUT2D eigenvalue weighted by Crippen LogP contribution is 2.62. The van der Waals surface area contributed by atoms with E-state index >= 15 is 0 Å². The normalized spacial score (nSPS) is 24.2. The second-order valence-corrected chi connectivity index (χ2v) is 11.0. The van der Waals surface area contributed by atoms with Gasteiger partial charge in [0.25, 0.3) is 0 Å². The molecule has 0 bridgehead atoms. The average Bonchev–Trinajstić information content (AvgIpc) is 3.45. The third-order valence-corrected chi connectivity index (χ3v) is 8.72. The number of rotatable bonds is 4. The fraction of sp³-hybridized carbons (Fsp3) is 0.125. The summed E-state index contributed by atoms with van der Waals surface area (Å²) in [5.74, 6) is -1.79. The Morgan fingerprint density at radius 3 is 2.44 bits per heavy atom. The number of Topliss-reactive ketones (excluding diaryl/α,β-unsaturated/α-hetero) is 2. The molecule has 3 aliphatic rings. The van der Waals surface area contributed by atoms with Gasteiger partial charge in [-0.3, -0.25) is 19.4 Å². The highest BCUT2D eigenvalue weighted by atomic mass is 79.9. The van der Waals surface area contributed by atoms with Crippen LogP contribution in [-0.2, 0) is 10.2 Å². The van der Waals surface area contributed by atoms with Crippen molar-refractivity contribution in [2.24, 2.45) is 5.92 Å². The highest BCUT2D eigenvalue weighted by Gasteiger charge is 2.70. The predicted octanol–water partition coefficient (Wildman–Crippen LogP) is 5.83. The van der Waals surface area contributed by atoms with Crippen LogP contribution in [0.1, 0.15) is 43.4 Å². The van der Waals surface area contributed by atoms with Crippen molar-refractivity contribution in [3.63, 3.8) is 0 Å². The lowest BCUT2D eigenvalue weighted by Crippen LogP contribution is -2.49. The fourth-order valence-electron chi connectivity index (χ4n) is 6.64. The second-order valence-electron chi connectivity index (χ2n) is 10.1. The van der Waals surface area contributed by atoms with Crippen LogP contribution in [0, 0.1) is 5.92 Å². The summed E-state index contributed by atoms with van der Waals surface area (Å²) in [6.45, 7) is 0. The minimum Gasteiger partial charge on any atom is -0.358 e. The van der Waals surface area contributed by atoms with Crippen LogP contribution in [0.2, 0.25) is 0 Å². The number of hydrogen-bond donors (Lipinski definition) is 1. The third kappa shape index (κ3) is 3.32. The van der Waals surface area contributed by atoms with Crippen molar-refractivity contribution >= 4 is 45.2 Å². The van der Waals surface area contributed by atoms with Crippen LogP contribution in [0.5, 0.6) is 0 Å². The molecule has 3 aliphatic heterocycles. The maximum absolute atomic E-state index is 14.6. The average molecular weight is 576 g/mol. The van der Waals surface area contributed by atoms with Gasteiger partial charge in [-0.2, -0.15) is 0 Å². The number of para-hydroxylation sites is 1. The Labute approximate surface area is 233 Å². The van der Waals surface area contributed by atoms with Crippen molar-refractivity contribution in [1.29, 1.82) is 0 Å². The number of pyridine rings is 1. The van der Waals surface area contributed by atoms with E-state index in [1.165, 1.54) is 6.20 Å². The van der Waals surface area contributed by atoms with Crippen LogP contribution >= 0.6 is 15.9 Å². The Morgan fingerprint density at radius 1 is 0.872 bits per heavy atom. The van der Waals surface area contributed by atoms with Gasteiger partial charge in [0, 0.05) is 39.9 Å². The lowest BCUT2D eigenvalue weighted by Gasteiger charge is -2.38. The van der Waals surface area contributed by atoms with E-state index in [0.29, 0.717) is 16.8 Å². The summed E-state index contributed by atoms with van der Waals surface area (Å²) in [5, 5.41) is 3.06. The maximum atomic E-state index is 14.6. The molecule has 3 aromatic carbocycles. The molecule has 1 fully saturated rings. The Kier molecular flexibility index (Phi) is 5.39. The van der Waals surface area contributed by atoms with E-state index in [0.717, 1.165) is 21.2 Å². The molecule has 1 amide bonds. The Balaban J connectivity index is 1.54. The lowest BCUT2D eigenvalue weighted by atomic mass is 9.62. The summed E-state index contributed by atoms with van der Waals surface area (Å²) < 4.78 is 0.846. The molecule has 1 aromatic heterocycles. The van der Waals surface area contributed by atoms with Gasteiger partial charge in [0.15, 0.2) is 11.6 Å². The molecule has 190 valence electrons. The molecule has 0 saturated carbocycles. The molecule has 0 radical (unpaired) electrons. The van der Waals surface area contributed by atoms with E-state index < -0.39 is 23.4 Å². The highest BCUT2D eigenvalue weighted by molar-refractivity contribution is 9.10. The number of nitrogens with one attached hydrogen (secondary N) is 1. The fourth-order valence-corrected chi connectivity index (χ4v) is 6.91. The molecule has 1 saturated heterocycles. The van der Waals surface area contributed by atoms with E-state index in [1.54, 1.807) is 30.5 Å². The summed E-state index contributed by atoms with van der Waals surface area (Å²) in [4.78, 5) is 49.5. The van der Waals surface area contributed by atoms with Gasteiger partial charge in [-0.1, -0.05) is 70.5 Å². The van der Waals surface area contributed by atoms with Gasteiger partial charge in [-0.15, -0.1) is 0 Å². The van der Waals surface area contributed by atoms with E-state index in [9.17, 15) is 14.4 Å². The topological polar surface area (TPSA) is 79.4 Å². The molecular formula is C32H22BrN3O3. The van der Waals surface area contributed by atoms with Crippen molar-refractivity contribution in [3.05, 3.63) is 136 Å². The molecule has 4 atom stereocenters. The standard InChI is InChI=1S/C32H22BrN3O3/c33-22-13-11-20(12-14-22)29(38)27-26(28(37)21-7-5-16-34-18-21)32(24-9-3-4-10-25(24)35-31(32)39)30-23-8-2-1-6-19(23)15-17-36(27)30/h1-18,26-27,30H,(H,35,39)/t26-,27+,30+,32+/m0/s1. The zero-order valence-electron chi connectivity index (χ0n) is 20.6. The molecule has 7 heteroatoms. The lowest BCUT2D eigenvalue weighted by molar-refractivity contribution is -0.122. The number of fused-ring (bicyclic) bond motifs is 6. The molecule has 0 unspecified atom stereocenters. The van der Waals surface area contributed by atoms with Gasteiger partial charge >= 0.3 is 0 Å². The number of anilines is 1. The van der Waals surface area contributed by atoms with Crippen molar-refractivity contribution in [2.45, 2.75) is 17.5 Å². The molecule has 1 N–H and O–H groups in total. The van der Waals surface area contributed by atoms with Crippen LogP contribution in [0.4, 0.5) is 5.69 Å². The minimum atomic E-state index is -1.35. The Hall–Kier alpha value is -4.36. The van der Waals surface area contributed by atoms with E-state index in [1.807, 2.05) is 77.8 Å². The second kappa shape index (κ2) is 8.85.